The van der Waals surface area contributed by atoms with Gasteiger partial charge in [0, 0.05) is 17.8 Å². The maximum absolute atomic E-state index is 11.2. The van der Waals surface area contributed by atoms with E-state index in [0.29, 0.717) is 24.5 Å². The van der Waals surface area contributed by atoms with Gasteiger partial charge in [-0.15, -0.1) is 0 Å². The number of aliphatic carboxylic acids is 1. The van der Waals surface area contributed by atoms with Crippen molar-refractivity contribution in [2.24, 2.45) is 0 Å². The molecule has 0 radical (unpaired) electrons. The molecule has 3 unspecified atom stereocenters. The van der Waals surface area contributed by atoms with E-state index < -0.39 is 12.0 Å². The molecule has 2 fully saturated rings. The first-order chi connectivity index (χ1) is 7.70. The molecule has 3 atom stereocenters. The highest BCUT2D eigenvalue weighted by Gasteiger charge is 2.37. The molecule has 0 aromatic rings. The van der Waals surface area contributed by atoms with Crippen LogP contribution in [0.1, 0.15) is 19.8 Å². The molecular formula is C11H19NO3S. The van der Waals surface area contributed by atoms with Gasteiger partial charge >= 0.3 is 5.97 Å². The Bertz CT molecular complexity index is 262. The first-order valence-electron chi connectivity index (χ1n) is 5.88. The van der Waals surface area contributed by atoms with Crippen molar-refractivity contribution in [2.75, 3.05) is 25.5 Å². The average molecular weight is 245 g/mol. The Hall–Kier alpha value is -0.260. The molecule has 0 aromatic heterocycles. The summed E-state index contributed by atoms with van der Waals surface area (Å²) in [4.78, 5) is 13.3. The number of ether oxygens (including phenoxy) is 1. The highest BCUT2D eigenvalue weighted by atomic mass is 32.2. The fourth-order valence-electron chi connectivity index (χ4n) is 2.57. The third-order valence-electron chi connectivity index (χ3n) is 3.45. The Morgan fingerprint density at radius 3 is 3.06 bits per heavy atom. The summed E-state index contributed by atoms with van der Waals surface area (Å²) >= 11 is 1.96. The number of hydrogen-bond donors (Lipinski definition) is 1. The molecule has 4 nitrogen and oxygen atoms in total. The molecule has 0 amide bonds. The summed E-state index contributed by atoms with van der Waals surface area (Å²) in [6.45, 7) is 3.97. The number of thioether (sulfide) groups is 1. The van der Waals surface area contributed by atoms with E-state index in [2.05, 4.69) is 11.8 Å². The quantitative estimate of drug-likeness (QED) is 0.788. The van der Waals surface area contributed by atoms with Gasteiger partial charge in [-0.2, -0.15) is 11.8 Å². The second kappa shape index (κ2) is 5.38. The molecule has 0 aliphatic carbocycles. The topological polar surface area (TPSA) is 49.8 Å². The van der Waals surface area contributed by atoms with Crippen LogP contribution in [0.5, 0.6) is 0 Å². The number of carboxylic acid groups (broad SMARTS) is 1. The summed E-state index contributed by atoms with van der Waals surface area (Å²) in [5, 5.41) is 9.73. The van der Waals surface area contributed by atoms with Crippen LogP contribution in [0.4, 0.5) is 0 Å². The van der Waals surface area contributed by atoms with Gasteiger partial charge in [-0.05, 0) is 18.6 Å². The molecule has 0 spiro atoms. The molecule has 0 aromatic carbocycles. The van der Waals surface area contributed by atoms with E-state index in [0.717, 1.165) is 13.0 Å². The van der Waals surface area contributed by atoms with Gasteiger partial charge in [-0.1, -0.05) is 6.92 Å². The standard InChI is InChI=1S/C11H19NO3S/c1-8-9(3-2-6-16-8)12-4-5-15-7-10(12)11(13)14/h8-10H,2-7H2,1H3,(H,13,14). The average Bonchev–Trinajstić information content (AvgIpc) is 2.29. The summed E-state index contributed by atoms with van der Waals surface area (Å²) in [6.07, 6.45) is 2.32. The highest BCUT2D eigenvalue weighted by molar-refractivity contribution is 7.99. The Morgan fingerprint density at radius 2 is 2.38 bits per heavy atom. The van der Waals surface area contributed by atoms with Gasteiger partial charge in [-0.3, -0.25) is 9.69 Å². The number of rotatable bonds is 2. The molecule has 2 rings (SSSR count). The van der Waals surface area contributed by atoms with Crippen LogP contribution in [-0.4, -0.2) is 58.8 Å². The number of morpholine rings is 1. The van der Waals surface area contributed by atoms with Crippen molar-refractivity contribution in [3.8, 4) is 0 Å². The number of hydrogen-bond acceptors (Lipinski definition) is 4. The smallest absolute Gasteiger partial charge is 0.323 e. The van der Waals surface area contributed by atoms with Crippen LogP contribution in [0.15, 0.2) is 0 Å². The zero-order chi connectivity index (χ0) is 11.5. The maximum atomic E-state index is 11.2. The lowest BCUT2D eigenvalue weighted by molar-refractivity contribution is -0.151. The Labute approximate surface area is 100 Å². The second-order valence-electron chi connectivity index (χ2n) is 4.45. The molecule has 5 heteroatoms. The Balaban J connectivity index is 2.06. The van der Waals surface area contributed by atoms with Gasteiger partial charge < -0.3 is 9.84 Å². The lowest BCUT2D eigenvalue weighted by Gasteiger charge is -2.43. The Kier molecular flexibility index (Phi) is 4.10. The molecule has 2 aliphatic rings. The third kappa shape index (κ3) is 2.52. The van der Waals surface area contributed by atoms with E-state index in [9.17, 15) is 9.90 Å². The minimum absolute atomic E-state index is 0.337. The lowest BCUT2D eigenvalue weighted by atomic mass is 10.0. The molecule has 1 N–H and O–H groups in total. The summed E-state index contributed by atoms with van der Waals surface area (Å²) in [7, 11) is 0. The van der Waals surface area contributed by atoms with Crippen molar-refractivity contribution in [1.82, 2.24) is 4.90 Å². The van der Waals surface area contributed by atoms with Crippen molar-refractivity contribution < 1.29 is 14.6 Å². The van der Waals surface area contributed by atoms with E-state index in [-0.39, 0.29) is 0 Å². The zero-order valence-electron chi connectivity index (χ0n) is 9.59. The first-order valence-corrected chi connectivity index (χ1v) is 6.93. The lowest BCUT2D eigenvalue weighted by Crippen LogP contribution is -2.57. The van der Waals surface area contributed by atoms with E-state index >= 15 is 0 Å². The molecule has 16 heavy (non-hydrogen) atoms. The van der Waals surface area contributed by atoms with Crippen molar-refractivity contribution in [1.29, 1.82) is 0 Å². The van der Waals surface area contributed by atoms with E-state index in [1.807, 2.05) is 11.8 Å². The van der Waals surface area contributed by atoms with Gasteiger partial charge in [0.1, 0.15) is 6.04 Å². The minimum atomic E-state index is -0.748. The zero-order valence-corrected chi connectivity index (χ0v) is 10.4. The van der Waals surface area contributed by atoms with E-state index in [4.69, 9.17) is 4.74 Å². The first kappa shape index (κ1) is 12.2. The molecule has 2 saturated heterocycles. The normalized spacial score (nSPS) is 37.2. The van der Waals surface area contributed by atoms with Crippen LogP contribution in [0.25, 0.3) is 0 Å². The van der Waals surface area contributed by atoms with Crippen LogP contribution < -0.4 is 0 Å². The van der Waals surface area contributed by atoms with Gasteiger partial charge in [0.15, 0.2) is 0 Å². The van der Waals surface area contributed by atoms with Gasteiger partial charge in [-0.25, -0.2) is 0 Å². The molecule has 0 saturated carbocycles. The predicted octanol–water partition coefficient (Wildman–Crippen LogP) is 1.06. The fraction of sp³-hybridized carbons (Fsp3) is 0.909. The SMILES string of the molecule is CC1SCCCC1N1CCOCC1C(=O)O. The molecule has 92 valence electrons. The largest absolute Gasteiger partial charge is 0.480 e. The van der Waals surface area contributed by atoms with Crippen LogP contribution >= 0.6 is 11.8 Å². The summed E-state index contributed by atoms with van der Waals surface area (Å²) in [5.74, 6) is 0.460. The third-order valence-corrected chi connectivity index (χ3v) is 4.81. The monoisotopic (exact) mass is 245 g/mol. The Morgan fingerprint density at radius 1 is 1.56 bits per heavy atom. The summed E-state index contributed by atoms with van der Waals surface area (Å²) < 4.78 is 5.27. The molecule has 2 heterocycles. The summed E-state index contributed by atoms with van der Waals surface area (Å²) in [6, 6.07) is -0.0383. The minimum Gasteiger partial charge on any atom is -0.480 e. The molecular weight excluding hydrogens is 226 g/mol. The molecule has 2 aliphatic heterocycles. The van der Waals surface area contributed by atoms with Gasteiger partial charge in [0.2, 0.25) is 0 Å². The van der Waals surface area contributed by atoms with Crippen molar-refractivity contribution in [2.45, 2.75) is 37.1 Å². The fourth-order valence-corrected chi connectivity index (χ4v) is 3.79. The number of carbonyl (C=O) groups is 1. The summed E-state index contributed by atoms with van der Waals surface area (Å²) in [5.41, 5.74) is 0. The van der Waals surface area contributed by atoms with Crippen LogP contribution in [0.2, 0.25) is 0 Å². The molecule has 0 bridgehead atoms. The van der Waals surface area contributed by atoms with Crippen molar-refractivity contribution >= 4 is 17.7 Å². The maximum Gasteiger partial charge on any atom is 0.323 e. The van der Waals surface area contributed by atoms with Gasteiger partial charge in [0.05, 0.1) is 13.2 Å². The number of carboxylic acids is 1. The number of nitrogens with zero attached hydrogens (tertiary/aromatic N) is 1. The predicted molar refractivity (Wildman–Crippen MR) is 63.9 cm³/mol. The van der Waals surface area contributed by atoms with E-state index in [1.165, 1.54) is 12.2 Å². The highest BCUT2D eigenvalue weighted by Crippen LogP contribution is 2.30. The van der Waals surface area contributed by atoms with Gasteiger partial charge in [0.25, 0.3) is 0 Å². The van der Waals surface area contributed by atoms with Crippen LogP contribution in [0, 0.1) is 0 Å². The van der Waals surface area contributed by atoms with Crippen LogP contribution in [-0.2, 0) is 9.53 Å². The van der Waals surface area contributed by atoms with E-state index in [1.54, 1.807) is 0 Å². The van der Waals surface area contributed by atoms with Crippen molar-refractivity contribution in [3.05, 3.63) is 0 Å². The second-order valence-corrected chi connectivity index (χ2v) is 5.94. The van der Waals surface area contributed by atoms with Crippen molar-refractivity contribution in [3.63, 3.8) is 0 Å². The van der Waals surface area contributed by atoms with Crippen LogP contribution in [0.3, 0.4) is 0 Å².